The van der Waals surface area contributed by atoms with Gasteiger partial charge in [-0.05, 0) is 36.8 Å². The van der Waals surface area contributed by atoms with E-state index in [2.05, 4.69) is 27.4 Å². The normalized spacial score (nSPS) is 10.7. The molecule has 2 heterocycles. The fraction of sp³-hybridized carbons (Fsp3) is 0.188. The fourth-order valence-electron chi connectivity index (χ4n) is 2.25. The summed E-state index contributed by atoms with van der Waals surface area (Å²) in [6.07, 6.45) is 2.57. The van der Waals surface area contributed by atoms with Crippen molar-refractivity contribution in [3.05, 3.63) is 59.5 Å². The molecule has 0 aliphatic carbocycles. The summed E-state index contributed by atoms with van der Waals surface area (Å²) < 4.78 is 0. The molecule has 0 bridgehead atoms. The van der Waals surface area contributed by atoms with Crippen LogP contribution in [-0.4, -0.2) is 21.1 Å². The Bertz CT molecular complexity index is 764. The largest absolute Gasteiger partial charge is 0.346 e. The molecule has 0 atom stereocenters. The highest BCUT2D eigenvalue weighted by Crippen LogP contribution is 2.18. The lowest BCUT2D eigenvalue weighted by Gasteiger charge is -2.05. The van der Waals surface area contributed by atoms with E-state index in [4.69, 9.17) is 0 Å². The van der Waals surface area contributed by atoms with Crippen molar-refractivity contribution < 1.29 is 4.79 Å². The molecule has 5 nitrogen and oxygen atoms in total. The number of carbonyl (C=O) groups excluding carboxylic acids is 1. The molecule has 0 spiro atoms. The lowest BCUT2D eigenvalue weighted by Crippen LogP contribution is -2.23. The van der Waals surface area contributed by atoms with E-state index in [1.807, 2.05) is 30.3 Å². The Kier molecular flexibility index (Phi) is 3.64. The zero-order valence-corrected chi connectivity index (χ0v) is 11.8. The topological polar surface area (TPSA) is 70.7 Å². The van der Waals surface area contributed by atoms with Gasteiger partial charge in [0.2, 0.25) is 0 Å². The van der Waals surface area contributed by atoms with Crippen LogP contribution >= 0.6 is 0 Å². The second kappa shape index (κ2) is 5.75. The van der Waals surface area contributed by atoms with E-state index in [1.54, 1.807) is 12.3 Å². The van der Waals surface area contributed by atoms with Crippen LogP contribution in [0.3, 0.4) is 0 Å². The van der Waals surface area contributed by atoms with Crippen LogP contribution < -0.4 is 5.32 Å². The summed E-state index contributed by atoms with van der Waals surface area (Å²) in [5.41, 5.74) is 3.40. The zero-order chi connectivity index (χ0) is 14.7. The molecule has 21 heavy (non-hydrogen) atoms. The van der Waals surface area contributed by atoms with Gasteiger partial charge in [0.1, 0.15) is 0 Å². The molecule has 2 N–H and O–H groups in total. The lowest BCUT2D eigenvalue weighted by molar-refractivity contribution is 0.0950. The minimum absolute atomic E-state index is 0.106. The van der Waals surface area contributed by atoms with Crippen molar-refractivity contribution in [2.24, 2.45) is 0 Å². The van der Waals surface area contributed by atoms with Gasteiger partial charge in [0.05, 0.1) is 17.8 Å². The van der Waals surface area contributed by atoms with Crippen LogP contribution in [-0.2, 0) is 13.0 Å². The lowest BCUT2D eigenvalue weighted by atomic mass is 10.1. The summed E-state index contributed by atoms with van der Waals surface area (Å²) in [5.74, 6) is -0.106. The average Bonchev–Trinajstić information content (AvgIpc) is 2.95. The summed E-state index contributed by atoms with van der Waals surface area (Å²) in [6.45, 7) is 2.48. The molecule has 0 radical (unpaired) electrons. The second-order valence-corrected chi connectivity index (χ2v) is 4.79. The number of nitrogens with one attached hydrogen (secondary N) is 2. The maximum atomic E-state index is 12.2. The Morgan fingerprint density at radius 3 is 2.95 bits per heavy atom. The minimum atomic E-state index is -0.106. The van der Waals surface area contributed by atoms with E-state index in [1.165, 1.54) is 0 Å². The Balaban J connectivity index is 1.78. The molecule has 2 aromatic heterocycles. The van der Waals surface area contributed by atoms with E-state index >= 15 is 0 Å². The van der Waals surface area contributed by atoms with Crippen molar-refractivity contribution in [2.75, 3.05) is 0 Å². The highest BCUT2D eigenvalue weighted by atomic mass is 16.1. The second-order valence-electron chi connectivity index (χ2n) is 4.79. The van der Waals surface area contributed by atoms with Crippen LogP contribution in [0.25, 0.3) is 10.9 Å². The summed E-state index contributed by atoms with van der Waals surface area (Å²) in [7, 11) is 0. The number of aryl methyl sites for hydroxylation is 1. The summed E-state index contributed by atoms with van der Waals surface area (Å²) in [6, 6.07) is 11.2. The maximum absolute atomic E-state index is 12.2. The van der Waals surface area contributed by atoms with Crippen molar-refractivity contribution in [3.8, 4) is 0 Å². The Morgan fingerprint density at radius 1 is 1.29 bits per heavy atom. The van der Waals surface area contributed by atoms with Gasteiger partial charge in [0, 0.05) is 22.8 Å². The third-order valence-electron chi connectivity index (χ3n) is 3.40. The Morgan fingerprint density at radius 2 is 2.19 bits per heavy atom. The number of carbonyl (C=O) groups is 1. The quantitative estimate of drug-likeness (QED) is 0.771. The molecular weight excluding hydrogens is 264 g/mol. The molecule has 3 rings (SSSR count). The van der Waals surface area contributed by atoms with Crippen molar-refractivity contribution in [1.82, 2.24) is 20.5 Å². The first-order valence-electron chi connectivity index (χ1n) is 6.93. The fourth-order valence-corrected chi connectivity index (χ4v) is 2.25. The molecule has 0 unspecified atom stereocenters. The van der Waals surface area contributed by atoms with E-state index in [0.717, 1.165) is 28.7 Å². The summed E-state index contributed by atoms with van der Waals surface area (Å²) >= 11 is 0. The van der Waals surface area contributed by atoms with Crippen LogP contribution in [0.4, 0.5) is 0 Å². The van der Waals surface area contributed by atoms with Gasteiger partial charge in [-0.25, -0.2) is 0 Å². The molecule has 106 valence electrons. The summed E-state index contributed by atoms with van der Waals surface area (Å²) in [5, 5.41) is 11.1. The van der Waals surface area contributed by atoms with E-state index in [9.17, 15) is 4.79 Å². The molecule has 0 aliphatic rings. The number of benzene rings is 1. The number of pyridine rings is 1. The van der Waals surface area contributed by atoms with E-state index in [-0.39, 0.29) is 5.91 Å². The molecule has 0 fully saturated rings. The van der Waals surface area contributed by atoms with Gasteiger partial charge in [-0.15, -0.1) is 0 Å². The van der Waals surface area contributed by atoms with Crippen LogP contribution in [0.15, 0.2) is 42.6 Å². The maximum Gasteiger partial charge on any atom is 0.251 e. The van der Waals surface area contributed by atoms with E-state index < -0.39 is 0 Å². The predicted molar refractivity (Wildman–Crippen MR) is 80.9 cm³/mol. The van der Waals surface area contributed by atoms with Gasteiger partial charge in [-0.2, -0.15) is 5.10 Å². The van der Waals surface area contributed by atoms with Crippen molar-refractivity contribution in [1.29, 1.82) is 0 Å². The number of hydrogen-bond acceptors (Lipinski definition) is 3. The number of H-pyrrole nitrogens is 1. The molecular formula is C16H16N4O. The van der Waals surface area contributed by atoms with Crippen LogP contribution in [0.2, 0.25) is 0 Å². The van der Waals surface area contributed by atoms with Crippen molar-refractivity contribution in [2.45, 2.75) is 19.9 Å². The smallest absolute Gasteiger partial charge is 0.251 e. The SMILES string of the molecule is CCc1[nH]nc2ccc(C(=O)NCc3ccccn3)cc12. The predicted octanol–water partition coefficient (Wildman–Crippen LogP) is 2.45. The molecule has 5 heteroatoms. The standard InChI is InChI=1S/C16H16N4O/c1-2-14-13-9-11(6-7-15(13)20-19-14)16(21)18-10-12-5-3-4-8-17-12/h3-9H,2,10H2,1H3,(H,18,21)(H,19,20). The van der Waals surface area contributed by atoms with Gasteiger partial charge >= 0.3 is 0 Å². The molecule has 0 saturated carbocycles. The summed E-state index contributed by atoms with van der Waals surface area (Å²) in [4.78, 5) is 16.4. The molecule has 1 amide bonds. The van der Waals surface area contributed by atoms with Gasteiger partial charge in [-0.1, -0.05) is 13.0 Å². The third kappa shape index (κ3) is 2.76. The zero-order valence-electron chi connectivity index (χ0n) is 11.8. The Hall–Kier alpha value is -2.69. The third-order valence-corrected chi connectivity index (χ3v) is 3.40. The van der Waals surface area contributed by atoms with Crippen molar-refractivity contribution in [3.63, 3.8) is 0 Å². The van der Waals surface area contributed by atoms with Crippen molar-refractivity contribution >= 4 is 16.8 Å². The molecule has 3 aromatic rings. The van der Waals surface area contributed by atoms with Gasteiger partial charge < -0.3 is 5.32 Å². The number of nitrogens with zero attached hydrogens (tertiary/aromatic N) is 2. The number of aromatic nitrogens is 3. The number of fused-ring (bicyclic) bond motifs is 1. The average molecular weight is 280 g/mol. The molecule has 1 aromatic carbocycles. The number of amides is 1. The first kappa shape index (κ1) is 13.3. The van der Waals surface area contributed by atoms with E-state index in [0.29, 0.717) is 12.1 Å². The monoisotopic (exact) mass is 280 g/mol. The first-order valence-corrected chi connectivity index (χ1v) is 6.93. The highest BCUT2D eigenvalue weighted by molar-refractivity contribution is 5.98. The minimum Gasteiger partial charge on any atom is -0.346 e. The van der Waals surface area contributed by atoms with Gasteiger partial charge in [0.15, 0.2) is 0 Å². The first-order chi connectivity index (χ1) is 10.3. The van der Waals surface area contributed by atoms with Gasteiger partial charge in [-0.3, -0.25) is 14.9 Å². The van der Waals surface area contributed by atoms with Gasteiger partial charge in [0.25, 0.3) is 5.91 Å². The van der Waals surface area contributed by atoms with Crippen LogP contribution in [0, 0.1) is 0 Å². The number of hydrogen-bond donors (Lipinski definition) is 2. The van der Waals surface area contributed by atoms with Crippen LogP contribution in [0.1, 0.15) is 28.7 Å². The Labute approximate surface area is 122 Å². The highest BCUT2D eigenvalue weighted by Gasteiger charge is 2.09. The number of aromatic amines is 1. The number of rotatable bonds is 4. The molecule has 0 saturated heterocycles. The molecule has 0 aliphatic heterocycles. The van der Waals surface area contributed by atoms with Crippen LogP contribution in [0.5, 0.6) is 0 Å².